The second-order valence-corrected chi connectivity index (χ2v) is 4.47. The number of ether oxygens (including phenoxy) is 1. The SMILES string of the molecule is COc1ccc([N+](=O)[O-])cc1CNCCC(=O)N(C)C. The molecule has 1 rings (SSSR count). The van der Waals surface area contributed by atoms with Gasteiger partial charge in [-0.05, 0) is 6.07 Å². The van der Waals surface area contributed by atoms with Gasteiger partial charge >= 0.3 is 0 Å². The number of hydrogen-bond donors (Lipinski definition) is 1. The normalized spacial score (nSPS) is 10.2. The Hall–Kier alpha value is -2.15. The molecular formula is C13H19N3O4. The molecule has 0 bridgehead atoms. The van der Waals surface area contributed by atoms with Crippen molar-refractivity contribution >= 4 is 11.6 Å². The van der Waals surface area contributed by atoms with Gasteiger partial charge in [0.2, 0.25) is 5.91 Å². The van der Waals surface area contributed by atoms with Crippen LogP contribution in [0.25, 0.3) is 0 Å². The van der Waals surface area contributed by atoms with Crippen LogP contribution in [-0.4, -0.2) is 43.5 Å². The van der Waals surface area contributed by atoms with Crippen LogP contribution in [0.1, 0.15) is 12.0 Å². The van der Waals surface area contributed by atoms with Crippen molar-refractivity contribution in [3.63, 3.8) is 0 Å². The summed E-state index contributed by atoms with van der Waals surface area (Å²) in [4.78, 5) is 23.2. The van der Waals surface area contributed by atoms with E-state index < -0.39 is 4.92 Å². The predicted octanol–water partition coefficient (Wildman–Crippen LogP) is 1.17. The van der Waals surface area contributed by atoms with Gasteiger partial charge in [-0.3, -0.25) is 14.9 Å². The minimum atomic E-state index is -0.446. The number of rotatable bonds is 7. The average Bonchev–Trinajstić information content (AvgIpc) is 2.42. The van der Waals surface area contributed by atoms with E-state index in [2.05, 4.69) is 5.32 Å². The van der Waals surface area contributed by atoms with Crippen LogP contribution >= 0.6 is 0 Å². The van der Waals surface area contributed by atoms with Crippen molar-refractivity contribution in [2.45, 2.75) is 13.0 Å². The Bertz CT molecular complexity index is 489. The molecule has 7 heteroatoms. The van der Waals surface area contributed by atoms with Crippen molar-refractivity contribution < 1.29 is 14.5 Å². The maximum absolute atomic E-state index is 11.4. The van der Waals surface area contributed by atoms with Crippen LogP contribution in [0, 0.1) is 10.1 Å². The molecule has 7 nitrogen and oxygen atoms in total. The molecule has 0 saturated carbocycles. The van der Waals surface area contributed by atoms with Crippen molar-refractivity contribution in [2.75, 3.05) is 27.7 Å². The number of nitro groups is 1. The number of hydrogen-bond acceptors (Lipinski definition) is 5. The number of benzene rings is 1. The summed E-state index contributed by atoms with van der Waals surface area (Å²) in [5.74, 6) is 0.616. The molecule has 0 aliphatic heterocycles. The van der Waals surface area contributed by atoms with Crippen LogP contribution in [-0.2, 0) is 11.3 Å². The smallest absolute Gasteiger partial charge is 0.270 e. The monoisotopic (exact) mass is 281 g/mol. The highest BCUT2D eigenvalue weighted by molar-refractivity contribution is 5.75. The topological polar surface area (TPSA) is 84.7 Å². The van der Waals surface area contributed by atoms with Crippen LogP contribution in [0.5, 0.6) is 5.75 Å². The zero-order valence-electron chi connectivity index (χ0n) is 11.9. The summed E-state index contributed by atoms with van der Waals surface area (Å²) < 4.78 is 5.16. The largest absolute Gasteiger partial charge is 0.496 e. The summed E-state index contributed by atoms with van der Waals surface area (Å²) in [5, 5.41) is 13.8. The van der Waals surface area contributed by atoms with Gasteiger partial charge in [0.05, 0.1) is 12.0 Å². The summed E-state index contributed by atoms with van der Waals surface area (Å²) in [7, 11) is 4.91. The number of non-ortho nitro benzene ring substituents is 1. The summed E-state index contributed by atoms with van der Waals surface area (Å²) in [6.07, 6.45) is 0.379. The van der Waals surface area contributed by atoms with Gasteiger partial charge < -0.3 is 15.0 Å². The first-order valence-electron chi connectivity index (χ1n) is 6.18. The number of carbonyl (C=O) groups excluding carboxylic acids is 1. The Balaban J connectivity index is 2.60. The third-order valence-electron chi connectivity index (χ3n) is 2.80. The molecule has 0 aromatic heterocycles. The first-order valence-corrected chi connectivity index (χ1v) is 6.18. The van der Waals surface area contributed by atoms with Crippen molar-refractivity contribution in [1.82, 2.24) is 10.2 Å². The lowest BCUT2D eigenvalue weighted by molar-refractivity contribution is -0.384. The van der Waals surface area contributed by atoms with E-state index in [1.165, 1.54) is 24.1 Å². The van der Waals surface area contributed by atoms with E-state index in [1.807, 2.05) is 0 Å². The third-order valence-corrected chi connectivity index (χ3v) is 2.80. The molecule has 0 heterocycles. The highest BCUT2D eigenvalue weighted by atomic mass is 16.6. The number of nitrogens with one attached hydrogen (secondary N) is 1. The highest BCUT2D eigenvalue weighted by Gasteiger charge is 2.11. The molecule has 0 radical (unpaired) electrons. The summed E-state index contributed by atoms with van der Waals surface area (Å²) in [6, 6.07) is 4.44. The van der Waals surface area contributed by atoms with Crippen LogP contribution < -0.4 is 10.1 Å². The van der Waals surface area contributed by atoms with E-state index in [0.717, 1.165) is 0 Å². The molecule has 1 amide bonds. The third kappa shape index (κ3) is 4.51. The molecule has 1 N–H and O–H groups in total. The van der Waals surface area contributed by atoms with Gasteiger partial charge in [0.15, 0.2) is 0 Å². The quantitative estimate of drug-likeness (QED) is 0.461. The minimum Gasteiger partial charge on any atom is -0.496 e. The molecule has 110 valence electrons. The maximum Gasteiger partial charge on any atom is 0.270 e. The zero-order chi connectivity index (χ0) is 15.1. The van der Waals surface area contributed by atoms with E-state index in [1.54, 1.807) is 20.2 Å². The molecule has 0 spiro atoms. The zero-order valence-corrected chi connectivity index (χ0v) is 11.9. The van der Waals surface area contributed by atoms with Crippen LogP contribution in [0.2, 0.25) is 0 Å². The molecule has 0 fully saturated rings. The molecule has 1 aromatic rings. The lowest BCUT2D eigenvalue weighted by Crippen LogP contribution is -2.26. The number of carbonyl (C=O) groups is 1. The lowest BCUT2D eigenvalue weighted by atomic mass is 10.1. The van der Waals surface area contributed by atoms with Gasteiger partial charge in [-0.1, -0.05) is 0 Å². The predicted molar refractivity (Wildman–Crippen MR) is 74.7 cm³/mol. The van der Waals surface area contributed by atoms with E-state index >= 15 is 0 Å². The first-order chi connectivity index (χ1) is 9.45. The van der Waals surface area contributed by atoms with Gasteiger partial charge in [0.1, 0.15) is 5.75 Å². The van der Waals surface area contributed by atoms with Crippen molar-refractivity contribution in [3.8, 4) is 5.75 Å². The average molecular weight is 281 g/mol. The molecular weight excluding hydrogens is 262 g/mol. The van der Waals surface area contributed by atoms with E-state index in [-0.39, 0.29) is 11.6 Å². The first kappa shape index (κ1) is 15.9. The Labute approximate surface area is 117 Å². The van der Waals surface area contributed by atoms with E-state index in [0.29, 0.717) is 30.8 Å². The molecule has 0 aliphatic rings. The van der Waals surface area contributed by atoms with E-state index in [9.17, 15) is 14.9 Å². The van der Waals surface area contributed by atoms with Crippen molar-refractivity contribution in [2.24, 2.45) is 0 Å². The summed E-state index contributed by atoms with van der Waals surface area (Å²) >= 11 is 0. The fourth-order valence-electron chi connectivity index (χ4n) is 1.66. The molecule has 20 heavy (non-hydrogen) atoms. The van der Waals surface area contributed by atoms with Crippen LogP contribution in [0.4, 0.5) is 5.69 Å². The fraction of sp³-hybridized carbons (Fsp3) is 0.462. The standard InChI is InChI=1S/C13H19N3O4/c1-15(2)13(17)6-7-14-9-10-8-11(16(18)19)4-5-12(10)20-3/h4-5,8,14H,6-7,9H2,1-3H3. The van der Waals surface area contributed by atoms with Crippen LogP contribution in [0.15, 0.2) is 18.2 Å². The molecule has 0 aliphatic carbocycles. The Morgan fingerprint density at radius 2 is 2.15 bits per heavy atom. The molecule has 1 aromatic carbocycles. The Morgan fingerprint density at radius 3 is 2.70 bits per heavy atom. The van der Waals surface area contributed by atoms with Gasteiger partial charge in [-0.25, -0.2) is 0 Å². The maximum atomic E-state index is 11.4. The lowest BCUT2D eigenvalue weighted by Gasteiger charge is -2.12. The number of nitrogens with zero attached hydrogens (tertiary/aromatic N) is 2. The van der Waals surface area contributed by atoms with Gasteiger partial charge in [0, 0.05) is 51.3 Å². The molecule has 0 unspecified atom stereocenters. The van der Waals surface area contributed by atoms with Crippen molar-refractivity contribution in [3.05, 3.63) is 33.9 Å². The molecule has 0 atom stereocenters. The molecule has 0 saturated heterocycles. The van der Waals surface area contributed by atoms with Crippen molar-refractivity contribution in [1.29, 1.82) is 0 Å². The Kier molecular flexibility index (Phi) is 5.92. The number of nitro benzene ring substituents is 1. The highest BCUT2D eigenvalue weighted by Crippen LogP contribution is 2.23. The second kappa shape index (κ2) is 7.44. The van der Waals surface area contributed by atoms with E-state index in [4.69, 9.17) is 4.74 Å². The number of methoxy groups -OCH3 is 1. The van der Waals surface area contributed by atoms with Gasteiger partial charge in [-0.15, -0.1) is 0 Å². The minimum absolute atomic E-state index is 0.0203. The fourth-order valence-corrected chi connectivity index (χ4v) is 1.66. The van der Waals surface area contributed by atoms with Gasteiger partial charge in [-0.2, -0.15) is 0 Å². The van der Waals surface area contributed by atoms with Crippen LogP contribution in [0.3, 0.4) is 0 Å². The summed E-state index contributed by atoms with van der Waals surface area (Å²) in [6.45, 7) is 0.911. The van der Waals surface area contributed by atoms with Gasteiger partial charge in [0.25, 0.3) is 5.69 Å². The Morgan fingerprint density at radius 1 is 1.45 bits per heavy atom. The second-order valence-electron chi connectivity index (χ2n) is 4.47. The number of amides is 1. The summed E-state index contributed by atoms with van der Waals surface area (Å²) in [5.41, 5.74) is 0.714.